The molecule has 1 N–H and O–H groups in total. The SMILES string of the molecule is CC1Cc2[nH]c(C3CCC(C)O3)nc2C(C)C1. The van der Waals surface area contributed by atoms with Gasteiger partial charge in [-0.2, -0.15) is 0 Å². The van der Waals surface area contributed by atoms with Gasteiger partial charge in [0.05, 0.1) is 11.8 Å². The van der Waals surface area contributed by atoms with Crippen LogP contribution in [0, 0.1) is 5.92 Å². The van der Waals surface area contributed by atoms with Gasteiger partial charge in [-0.25, -0.2) is 4.98 Å². The second-order valence-corrected chi connectivity index (χ2v) is 5.94. The highest BCUT2D eigenvalue weighted by Crippen LogP contribution is 2.36. The Kier molecular flexibility index (Phi) is 2.74. The summed E-state index contributed by atoms with van der Waals surface area (Å²) in [6.07, 6.45) is 5.27. The summed E-state index contributed by atoms with van der Waals surface area (Å²) in [7, 11) is 0. The Balaban J connectivity index is 1.86. The number of H-pyrrole nitrogens is 1. The molecule has 1 fully saturated rings. The lowest BCUT2D eigenvalue weighted by molar-refractivity contribution is 0.0507. The molecule has 1 aromatic heterocycles. The molecule has 3 rings (SSSR count). The van der Waals surface area contributed by atoms with E-state index < -0.39 is 0 Å². The highest BCUT2D eigenvalue weighted by Gasteiger charge is 2.30. The van der Waals surface area contributed by atoms with E-state index in [2.05, 4.69) is 25.8 Å². The van der Waals surface area contributed by atoms with Crippen LogP contribution in [0.1, 0.15) is 69.3 Å². The summed E-state index contributed by atoms with van der Waals surface area (Å²) in [6, 6.07) is 0. The van der Waals surface area contributed by atoms with Gasteiger partial charge >= 0.3 is 0 Å². The Hall–Kier alpha value is -0.830. The van der Waals surface area contributed by atoms with Gasteiger partial charge < -0.3 is 9.72 Å². The van der Waals surface area contributed by atoms with Crippen molar-refractivity contribution in [2.24, 2.45) is 5.92 Å². The molecule has 1 aliphatic heterocycles. The Morgan fingerprint density at radius 2 is 2.06 bits per heavy atom. The zero-order chi connectivity index (χ0) is 12.0. The number of hydrogen-bond acceptors (Lipinski definition) is 2. The Morgan fingerprint density at radius 1 is 1.24 bits per heavy atom. The summed E-state index contributed by atoms with van der Waals surface area (Å²) < 4.78 is 5.89. The molecule has 94 valence electrons. The number of fused-ring (bicyclic) bond motifs is 1. The van der Waals surface area contributed by atoms with Crippen LogP contribution < -0.4 is 0 Å². The van der Waals surface area contributed by atoms with Crippen LogP contribution in [0.4, 0.5) is 0 Å². The van der Waals surface area contributed by atoms with Gasteiger partial charge in [0.2, 0.25) is 0 Å². The first-order valence-corrected chi connectivity index (χ1v) is 6.87. The van der Waals surface area contributed by atoms with Gasteiger partial charge in [-0.15, -0.1) is 0 Å². The zero-order valence-electron chi connectivity index (χ0n) is 11.0. The van der Waals surface area contributed by atoms with Crippen LogP contribution in [-0.2, 0) is 11.2 Å². The van der Waals surface area contributed by atoms with E-state index in [1.165, 1.54) is 17.8 Å². The van der Waals surface area contributed by atoms with Gasteiger partial charge in [-0.1, -0.05) is 13.8 Å². The molecule has 4 atom stereocenters. The smallest absolute Gasteiger partial charge is 0.135 e. The molecule has 0 spiro atoms. The summed E-state index contributed by atoms with van der Waals surface area (Å²) in [5.41, 5.74) is 2.65. The van der Waals surface area contributed by atoms with Gasteiger partial charge in [0.15, 0.2) is 0 Å². The molecule has 0 bridgehead atoms. The summed E-state index contributed by atoms with van der Waals surface area (Å²) in [4.78, 5) is 8.32. The highest BCUT2D eigenvalue weighted by molar-refractivity contribution is 5.23. The van der Waals surface area contributed by atoms with Crippen LogP contribution in [0.25, 0.3) is 0 Å². The quantitative estimate of drug-likeness (QED) is 0.809. The van der Waals surface area contributed by atoms with Crippen LogP contribution >= 0.6 is 0 Å². The summed E-state index contributed by atoms with van der Waals surface area (Å²) >= 11 is 0. The van der Waals surface area contributed by atoms with Crippen molar-refractivity contribution in [1.82, 2.24) is 9.97 Å². The van der Waals surface area contributed by atoms with E-state index in [1.807, 2.05) is 0 Å². The summed E-state index contributed by atoms with van der Waals surface area (Å²) in [6.45, 7) is 6.76. The van der Waals surface area contributed by atoms with E-state index in [4.69, 9.17) is 9.72 Å². The molecule has 0 saturated carbocycles. The van der Waals surface area contributed by atoms with E-state index in [-0.39, 0.29) is 6.10 Å². The molecule has 1 aliphatic carbocycles. The largest absolute Gasteiger partial charge is 0.367 e. The molecule has 17 heavy (non-hydrogen) atoms. The number of nitrogens with one attached hydrogen (secondary N) is 1. The fourth-order valence-corrected chi connectivity index (χ4v) is 3.31. The minimum Gasteiger partial charge on any atom is -0.367 e. The maximum absolute atomic E-state index is 5.89. The molecular formula is C14H22N2O. The molecule has 2 aliphatic rings. The molecule has 0 amide bonds. The number of nitrogens with zero attached hydrogens (tertiary/aromatic N) is 1. The van der Waals surface area contributed by atoms with Gasteiger partial charge in [0.1, 0.15) is 11.9 Å². The molecule has 1 aromatic rings. The second-order valence-electron chi connectivity index (χ2n) is 5.94. The molecule has 3 heteroatoms. The van der Waals surface area contributed by atoms with Crippen molar-refractivity contribution in [2.75, 3.05) is 0 Å². The number of aromatic amines is 1. The van der Waals surface area contributed by atoms with Crippen LogP contribution in [0.5, 0.6) is 0 Å². The predicted octanol–water partition coefficient (Wildman–Crippen LogP) is 3.34. The summed E-state index contributed by atoms with van der Waals surface area (Å²) in [5.74, 6) is 2.44. The van der Waals surface area contributed by atoms with Gasteiger partial charge in [0.25, 0.3) is 0 Å². The van der Waals surface area contributed by atoms with E-state index in [9.17, 15) is 0 Å². The third-order valence-corrected chi connectivity index (χ3v) is 4.14. The molecule has 4 unspecified atom stereocenters. The number of aromatic nitrogens is 2. The number of rotatable bonds is 1. The van der Waals surface area contributed by atoms with Crippen molar-refractivity contribution < 1.29 is 4.74 Å². The second kappa shape index (κ2) is 4.13. The Bertz CT molecular complexity index is 412. The van der Waals surface area contributed by atoms with Crippen molar-refractivity contribution in [3.63, 3.8) is 0 Å². The summed E-state index contributed by atoms with van der Waals surface area (Å²) in [5, 5.41) is 0. The molecule has 0 aromatic carbocycles. The normalized spacial score (nSPS) is 37.1. The Labute approximate surface area is 103 Å². The minimum absolute atomic E-state index is 0.207. The monoisotopic (exact) mass is 234 g/mol. The van der Waals surface area contributed by atoms with Crippen molar-refractivity contribution in [3.05, 3.63) is 17.2 Å². The Morgan fingerprint density at radius 3 is 2.76 bits per heavy atom. The maximum Gasteiger partial charge on any atom is 0.135 e. The average Bonchev–Trinajstić information content (AvgIpc) is 2.83. The lowest BCUT2D eigenvalue weighted by Gasteiger charge is -2.22. The predicted molar refractivity (Wildman–Crippen MR) is 67.0 cm³/mol. The van der Waals surface area contributed by atoms with Crippen molar-refractivity contribution in [3.8, 4) is 0 Å². The fourth-order valence-electron chi connectivity index (χ4n) is 3.31. The lowest BCUT2D eigenvalue weighted by atomic mass is 9.84. The van der Waals surface area contributed by atoms with E-state index in [0.29, 0.717) is 12.0 Å². The standard InChI is InChI=1S/C14H22N2O/c1-8-6-9(2)13-11(7-8)15-14(16-13)12-5-4-10(3)17-12/h8-10,12H,4-7H2,1-3H3,(H,15,16). The van der Waals surface area contributed by atoms with Crippen LogP contribution in [-0.4, -0.2) is 16.1 Å². The highest BCUT2D eigenvalue weighted by atomic mass is 16.5. The molecule has 3 nitrogen and oxygen atoms in total. The number of ether oxygens (including phenoxy) is 1. The third-order valence-electron chi connectivity index (χ3n) is 4.14. The first-order chi connectivity index (χ1) is 8.13. The van der Waals surface area contributed by atoms with Crippen LogP contribution in [0.2, 0.25) is 0 Å². The average molecular weight is 234 g/mol. The van der Waals surface area contributed by atoms with Gasteiger partial charge in [0, 0.05) is 11.6 Å². The number of hydrogen-bond donors (Lipinski definition) is 1. The fraction of sp³-hybridized carbons (Fsp3) is 0.786. The minimum atomic E-state index is 0.207. The van der Waals surface area contributed by atoms with Gasteiger partial charge in [-0.05, 0) is 38.5 Å². The van der Waals surface area contributed by atoms with Crippen LogP contribution in [0.3, 0.4) is 0 Å². The van der Waals surface area contributed by atoms with Crippen molar-refractivity contribution >= 4 is 0 Å². The zero-order valence-corrected chi connectivity index (χ0v) is 11.0. The van der Waals surface area contributed by atoms with E-state index in [1.54, 1.807) is 0 Å². The topological polar surface area (TPSA) is 37.9 Å². The van der Waals surface area contributed by atoms with E-state index in [0.717, 1.165) is 31.0 Å². The van der Waals surface area contributed by atoms with Gasteiger partial charge in [-0.3, -0.25) is 0 Å². The lowest BCUT2D eigenvalue weighted by Crippen LogP contribution is -2.14. The number of imidazole rings is 1. The first kappa shape index (κ1) is 11.3. The maximum atomic E-state index is 5.89. The molecular weight excluding hydrogens is 212 g/mol. The first-order valence-electron chi connectivity index (χ1n) is 6.87. The van der Waals surface area contributed by atoms with Crippen molar-refractivity contribution in [1.29, 1.82) is 0 Å². The third kappa shape index (κ3) is 2.01. The van der Waals surface area contributed by atoms with Crippen LogP contribution in [0.15, 0.2) is 0 Å². The molecule has 0 radical (unpaired) electrons. The molecule has 2 heterocycles. The van der Waals surface area contributed by atoms with Crippen molar-refractivity contribution in [2.45, 2.75) is 64.6 Å². The molecule has 1 saturated heterocycles. The van der Waals surface area contributed by atoms with E-state index >= 15 is 0 Å².